The number of esters is 1. The number of methoxy groups -OCH3 is 1. The van der Waals surface area contributed by atoms with Crippen LogP contribution in [0.3, 0.4) is 0 Å². The van der Waals surface area contributed by atoms with Crippen molar-refractivity contribution in [1.29, 1.82) is 0 Å². The monoisotopic (exact) mass is 377 g/mol. The zero-order valence-corrected chi connectivity index (χ0v) is 17.2. The largest absolute Gasteiger partial charge is 0.464 e. The van der Waals surface area contributed by atoms with E-state index in [0.717, 1.165) is 30.0 Å². The fraction of sp³-hybridized carbons (Fsp3) is 0.611. The predicted octanol–water partition coefficient (Wildman–Crippen LogP) is 3.55. The number of nitrogens with zero attached hydrogens (tertiary/aromatic N) is 3. The van der Waals surface area contributed by atoms with Gasteiger partial charge in [0, 0.05) is 20.4 Å². The molecule has 0 aliphatic heterocycles. The van der Waals surface area contributed by atoms with Crippen LogP contribution < -0.4 is 4.74 Å². The van der Waals surface area contributed by atoms with Crippen molar-refractivity contribution >= 4 is 24.9 Å². The van der Waals surface area contributed by atoms with Gasteiger partial charge in [-0.1, -0.05) is 19.6 Å². The summed E-state index contributed by atoms with van der Waals surface area (Å²) >= 11 is 0. The fourth-order valence-electron chi connectivity index (χ4n) is 2.73. The summed E-state index contributed by atoms with van der Waals surface area (Å²) in [4.78, 5) is 16.6. The standard InChI is InChI=1S/C18H27N3O4Si/c1-12-10-14-16(15(19-12)18(22)23-2)21(13-6-7-13)20-17(14)25-11-24-8-9-26(3,4)5/h10,13H,6-9,11H2,1-5H3. The molecule has 0 N–H and O–H groups in total. The first-order chi connectivity index (χ1) is 12.3. The van der Waals surface area contributed by atoms with Gasteiger partial charge in [-0.2, -0.15) is 0 Å². The van der Waals surface area contributed by atoms with Gasteiger partial charge in [-0.3, -0.25) is 4.68 Å². The van der Waals surface area contributed by atoms with Crippen LogP contribution in [-0.4, -0.2) is 49.3 Å². The van der Waals surface area contributed by atoms with E-state index in [4.69, 9.17) is 14.2 Å². The highest BCUT2D eigenvalue weighted by atomic mass is 28.3. The van der Waals surface area contributed by atoms with Crippen LogP contribution in [0.5, 0.6) is 5.88 Å². The first-order valence-electron chi connectivity index (χ1n) is 8.99. The van der Waals surface area contributed by atoms with Crippen molar-refractivity contribution in [3.8, 4) is 5.88 Å². The van der Waals surface area contributed by atoms with Crippen LogP contribution in [0.4, 0.5) is 0 Å². The van der Waals surface area contributed by atoms with Crippen molar-refractivity contribution < 1.29 is 19.0 Å². The molecule has 7 nitrogen and oxygen atoms in total. The van der Waals surface area contributed by atoms with Crippen LogP contribution in [-0.2, 0) is 9.47 Å². The lowest BCUT2D eigenvalue weighted by Crippen LogP contribution is -2.22. The van der Waals surface area contributed by atoms with Crippen molar-refractivity contribution in [2.45, 2.75) is 51.5 Å². The van der Waals surface area contributed by atoms with Crippen LogP contribution in [0.25, 0.3) is 10.9 Å². The van der Waals surface area contributed by atoms with Gasteiger partial charge in [-0.15, -0.1) is 5.10 Å². The quantitative estimate of drug-likeness (QED) is 0.303. The van der Waals surface area contributed by atoms with Crippen LogP contribution in [0.1, 0.15) is 35.1 Å². The number of aryl methyl sites for hydroxylation is 1. The van der Waals surface area contributed by atoms with Gasteiger partial charge in [0.15, 0.2) is 12.5 Å². The molecule has 2 aromatic heterocycles. The molecule has 1 aliphatic rings. The lowest BCUT2D eigenvalue weighted by atomic mass is 10.2. The molecule has 0 radical (unpaired) electrons. The number of pyridine rings is 1. The van der Waals surface area contributed by atoms with E-state index in [1.807, 2.05) is 17.7 Å². The molecule has 26 heavy (non-hydrogen) atoms. The van der Waals surface area contributed by atoms with Gasteiger partial charge in [0.2, 0.25) is 5.88 Å². The molecule has 0 atom stereocenters. The molecule has 0 spiro atoms. The van der Waals surface area contributed by atoms with E-state index in [1.165, 1.54) is 7.11 Å². The van der Waals surface area contributed by atoms with Gasteiger partial charge in [0.25, 0.3) is 0 Å². The Morgan fingerprint density at radius 3 is 2.69 bits per heavy atom. The lowest BCUT2D eigenvalue weighted by Gasteiger charge is -2.15. The van der Waals surface area contributed by atoms with Crippen LogP contribution >= 0.6 is 0 Å². The maximum absolute atomic E-state index is 12.2. The van der Waals surface area contributed by atoms with Crippen molar-refractivity contribution in [2.75, 3.05) is 20.5 Å². The molecule has 142 valence electrons. The molecule has 0 saturated heterocycles. The Morgan fingerprint density at radius 2 is 2.08 bits per heavy atom. The van der Waals surface area contributed by atoms with Crippen molar-refractivity contribution in [2.24, 2.45) is 0 Å². The number of rotatable bonds is 8. The molecular formula is C18H27N3O4Si. The van der Waals surface area contributed by atoms with Crippen LogP contribution in [0.15, 0.2) is 6.07 Å². The first-order valence-corrected chi connectivity index (χ1v) is 12.7. The third-order valence-corrected chi connectivity index (χ3v) is 6.03. The summed E-state index contributed by atoms with van der Waals surface area (Å²) in [5, 5.41) is 5.37. The molecule has 2 aromatic rings. The first kappa shape index (κ1) is 18.8. The molecule has 0 aromatic carbocycles. The van der Waals surface area contributed by atoms with Crippen molar-refractivity contribution in [3.63, 3.8) is 0 Å². The summed E-state index contributed by atoms with van der Waals surface area (Å²) in [5.74, 6) is 0.0222. The number of hydrogen-bond donors (Lipinski definition) is 0. The number of carbonyl (C=O) groups is 1. The number of hydrogen-bond acceptors (Lipinski definition) is 6. The second-order valence-electron chi connectivity index (χ2n) is 7.96. The highest BCUT2D eigenvalue weighted by Crippen LogP contribution is 2.40. The fourth-order valence-corrected chi connectivity index (χ4v) is 3.48. The lowest BCUT2D eigenvalue weighted by molar-refractivity contribution is 0.0197. The average Bonchev–Trinajstić information content (AvgIpc) is 3.35. The molecule has 0 bridgehead atoms. The topological polar surface area (TPSA) is 75.5 Å². The third-order valence-electron chi connectivity index (χ3n) is 4.33. The van der Waals surface area contributed by atoms with E-state index >= 15 is 0 Å². The highest BCUT2D eigenvalue weighted by molar-refractivity contribution is 6.76. The molecule has 8 heteroatoms. The number of aromatic nitrogens is 3. The predicted molar refractivity (Wildman–Crippen MR) is 101 cm³/mol. The minimum atomic E-state index is -1.12. The molecule has 1 saturated carbocycles. The molecule has 2 heterocycles. The summed E-state index contributed by atoms with van der Waals surface area (Å²) in [7, 11) is 0.236. The Labute approximate surface area is 154 Å². The van der Waals surface area contributed by atoms with E-state index in [9.17, 15) is 4.79 Å². The van der Waals surface area contributed by atoms with Crippen LogP contribution in [0.2, 0.25) is 25.7 Å². The van der Waals surface area contributed by atoms with Crippen molar-refractivity contribution in [1.82, 2.24) is 14.8 Å². The molecule has 3 rings (SSSR count). The van der Waals surface area contributed by atoms with Crippen molar-refractivity contribution in [3.05, 3.63) is 17.5 Å². The van der Waals surface area contributed by atoms with E-state index in [1.54, 1.807) is 0 Å². The number of fused-ring (bicyclic) bond motifs is 1. The Morgan fingerprint density at radius 1 is 1.35 bits per heavy atom. The van der Waals surface area contributed by atoms with Gasteiger partial charge in [-0.05, 0) is 31.9 Å². The van der Waals surface area contributed by atoms with Gasteiger partial charge in [-0.25, -0.2) is 9.78 Å². The summed E-state index contributed by atoms with van der Waals surface area (Å²) < 4.78 is 18.2. The normalized spacial score (nSPS) is 14.7. The summed E-state index contributed by atoms with van der Waals surface area (Å²) in [6.07, 6.45) is 2.08. The number of carbonyl (C=O) groups excluding carboxylic acids is 1. The molecule has 1 fully saturated rings. The Kier molecular flexibility index (Phi) is 5.33. The second-order valence-corrected chi connectivity index (χ2v) is 13.6. The van der Waals surface area contributed by atoms with E-state index < -0.39 is 14.0 Å². The summed E-state index contributed by atoms with van der Waals surface area (Å²) in [6.45, 7) is 9.61. The van der Waals surface area contributed by atoms with Crippen LogP contribution in [0, 0.1) is 6.92 Å². The van der Waals surface area contributed by atoms with Gasteiger partial charge in [0.05, 0.1) is 18.5 Å². The zero-order chi connectivity index (χ0) is 18.9. The molecule has 1 aliphatic carbocycles. The minimum absolute atomic E-state index is 0.149. The highest BCUT2D eigenvalue weighted by Gasteiger charge is 2.31. The van der Waals surface area contributed by atoms with Gasteiger partial charge >= 0.3 is 5.97 Å². The Balaban J connectivity index is 1.84. The van der Waals surface area contributed by atoms with E-state index in [2.05, 4.69) is 29.7 Å². The molecular weight excluding hydrogens is 350 g/mol. The SMILES string of the molecule is COC(=O)c1nc(C)cc2c(OCOCC[Si](C)(C)C)nn(C3CC3)c12. The van der Waals surface area contributed by atoms with Gasteiger partial charge < -0.3 is 14.2 Å². The molecule has 0 amide bonds. The zero-order valence-electron chi connectivity index (χ0n) is 16.2. The third kappa shape index (κ3) is 4.24. The summed E-state index contributed by atoms with van der Waals surface area (Å²) in [6, 6.07) is 3.27. The molecule has 0 unspecified atom stereocenters. The Bertz CT molecular complexity index is 809. The smallest absolute Gasteiger partial charge is 0.358 e. The van der Waals surface area contributed by atoms with E-state index in [-0.39, 0.29) is 18.5 Å². The average molecular weight is 378 g/mol. The maximum Gasteiger partial charge on any atom is 0.358 e. The number of ether oxygens (including phenoxy) is 3. The minimum Gasteiger partial charge on any atom is -0.464 e. The summed E-state index contributed by atoms with van der Waals surface area (Å²) in [5.41, 5.74) is 1.69. The Hall–Kier alpha value is -1.93. The second kappa shape index (κ2) is 7.36. The van der Waals surface area contributed by atoms with E-state index in [0.29, 0.717) is 18.0 Å². The van der Waals surface area contributed by atoms with Gasteiger partial charge in [0.1, 0.15) is 5.52 Å². The maximum atomic E-state index is 12.2.